The number of rotatable bonds is 5. The van der Waals surface area contributed by atoms with Gasteiger partial charge >= 0.3 is 0 Å². The minimum atomic E-state index is 0.497. The van der Waals surface area contributed by atoms with Gasteiger partial charge in [0.25, 0.3) is 0 Å². The normalized spacial score (nSPS) is 11.2. The van der Waals surface area contributed by atoms with E-state index < -0.39 is 0 Å². The van der Waals surface area contributed by atoms with Crippen molar-refractivity contribution in [2.24, 2.45) is 0 Å². The van der Waals surface area contributed by atoms with Crippen LogP contribution in [0.25, 0.3) is 0 Å². The summed E-state index contributed by atoms with van der Waals surface area (Å²) in [5.74, 6) is 2.72. The number of thioether (sulfide) groups is 1. The van der Waals surface area contributed by atoms with Gasteiger partial charge < -0.3 is 4.98 Å². The minimum Gasteiger partial charge on any atom is -0.345 e. The zero-order valence-corrected chi connectivity index (χ0v) is 10.4. The van der Waals surface area contributed by atoms with Gasteiger partial charge in [0.2, 0.25) is 0 Å². The molecule has 0 aliphatic heterocycles. The molecule has 0 saturated carbocycles. The third-order valence-corrected chi connectivity index (χ3v) is 2.99. The van der Waals surface area contributed by atoms with Crippen LogP contribution in [0.1, 0.15) is 51.6 Å². The molecule has 0 radical (unpaired) electrons. The molecule has 1 N–H and O–H groups in total. The lowest BCUT2D eigenvalue weighted by atomic mass is 10.2. The largest absolute Gasteiger partial charge is 0.345 e. The van der Waals surface area contributed by atoms with Gasteiger partial charge in [-0.05, 0) is 12.2 Å². The van der Waals surface area contributed by atoms with Crippen LogP contribution in [0.3, 0.4) is 0 Å². The van der Waals surface area contributed by atoms with Crippen LogP contribution in [0.15, 0.2) is 5.03 Å². The van der Waals surface area contributed by atoms with Crippen LogP contribution in [0.5, 0.6) is 0 Å². The fraction of sp³-hybridized carbons (Fsp3) is 0.727. The standard InChI is InChI=1S/C11H20N2S/c1-5-7-9-11(14-6-2)13-10(12-9)8(3)4/h8H,5-7H2,1-4H3,(H,12,13). The van der Waals surface area contributed by atoms with Crippen molar-refractivity contribution >= 4 is 11.8 Å². The Bertz CT molecular complexity index is 255. The van der Waals surface area contributed by atoms with Crippen LogP contribution in [-0.2, 0) is 6.42 Å². The van der Waals surface area contributed by atoms with Gasteiger partial charge in [-0.15, -0.1) is 11.8 Å². The van der Waals surface area contributed by atoms with Gasteiger partial charge in [0.15, 0.2) is 0 Å². The van der Waals surface area contributed by atoms with Crippen molar-refractivity contribution in [3.05, 3.63) is 11.5 Å². The van der Waals surface area contributed by atoms with E-state index >= 15 is 0 Å². The van der Waals surface area contributed by atoms with Gasteiger partial charge in [-0.25, -0.2) is 4.98 Å². The molecule has 80 valence electrons. The predicted octanol–water partition coefficient (Wildman–Crippen LogP) is 3.60. The molecule has 1 heterocycles. The molecule has 0 aliphatic carbocycles. The second kappa shape index (κ2) is 5.44. The van der Waals surface area contributed by atoms with Crippen LogP contribution >= 0.6 is 11.8 Å². The first-order chi connectivity index (χ1) is 6.69. The number of aromatic nitrogens is 2. The molecule has 0 saturated heterocycles. The van der Waals surface area contributed by atoms with Crippen molar-refractivity contribution in [2.45, 2.75) is 51.5 Å². The molecule has 1 rings (SSSR count). The Balaban J connectivity index is 2.87. The Morgan fingerprint density at radius 3 is 2.57 bits per heavy atom. The summed E-state index contributed by atoms with van der Waals surface area (Å²) in [4.78, 5) is 8.06. The first-order valence-corrected chi connectivity index (χ1v) is 6.39. The van der Waals surface area contributed by atoms with E-state index in [4.69, 9.17) is 0 Å². The van der Waals surface area contributed by atoms with Gasteiger partial charge in [-0.1, -0.05) is 34.1 Å². The van der Waals surface area contributed by atoms with E-state index in [1.807, 2.05) is 11.8 Å². The highest BCUT2D eigenvalue weighted by Gasteiger charge is 2.11. The van der Waals surface area contributed by atoms with E-state index in [1.165, 1.54) is 17.1 Å². The molecule has 0 atom stereocenters. The number of hydrogen-bond donors (Lipinski definition) is 1. The Morgan fingerprint density at radius 1 is 1.36 bits per heavy atom. The van der Waals surface area contributed by atoms with Crippen molar-refractivity contribution in [3.8, 4) is 0 Å². The third-order valence-electron chi connectivity index (χ3n) is 2.09. The summed E-state index contributed by atoms with van der Waals surface area (Å²) < 4.78 is 0. The number of aryl methyl sites for hydroxylation is 1. The number of hydrogen-bond acceptors (Lipinski definition) is 2. The maximum absolute atomic E-state index is 4.63. The van der Waals surface area contributed by atoms with Crippen molar-refractivity contribution in [3.63, 3.8) is 0 Å². The highest BCUT2D eigenvalue weighted by Crippen LogP contribution is 2.24. The first kappa shape index (κ1) is 11.6. The average Bonchev–Trinajstić information content (AvgIpc) is 2.50. The summed E-state index contributed by atoms with van der Waals surface area (Å²) in [5.41, 5.74) is 1.32. The Labute approximate surface area is 90.9 Å². The molecule has 2 nitrogen and oxygen atoms in total. The number of imidazole rings is 1. The van der Waals surface area contributed by atoms with Crippen molar-refractivity contribution < 1.29 is 0 Å². The van der Waals surface area contributed by atoms with Crippen LogP contribution in [-0.4, -0.2) is 15.7 Å². The lowest BCUT2D eigenvalue weighted by molar-refractivity contribution is 0.782. The van der Waals surface area contributed by atoms with Crippen molar-refractivity contribution in [2.75, 3.05) is 5.75 Å². The summed E-state index contributed by atoms with van der Waals surface area (Å²) in [6.07, 6.45) is 2.29. The number of nitrogens with zero attached hydrogens (tertiary/aromatic N) is 1. The molecular formula is C11H20N2S. The van der Waals surface area contributed by atoms with Crippen LogP contribution in [0.2, 0.25) is 0 Å². The third kappa shape index (κ3) is 2.77. The van der Waals surface area contributed by atoms with E-state index in [0.717, 1.165) is 18.0 Å². The minimum absolute atomic E-state index is 0.497. The monoisotopic (exact) mass is 212 g/mol. The summed E-state index contributed by atoms with van der Waals surface area (Å²) in [6.45, 7) is 8.73. The fourth-order valence-electron chi connectivity index (χ4n) is 1.36. The Kier molecular flexibility index (Phi) is 4.52. The summed E-state index contributed by atoms with van der Waals surface area (Å²) >= 11 is 1.84. The van der Waals surface area contributed by atoms with Gasteiger partial charge in [0.05, 0.1) is 0 Å². The molecule has 0 aliphatic rings. The Morgan fingerprint density at radius 2 is 2.07 bits per heavy atom. The molecule has 1 aromatic heterocycles. The van der Waals surface area contributed by atoms with Crippen LogP contribution in [0.4, 0.5) is 0 Å². The van der Waals surface area contributed by atoms with Gasteiger partial charge in [0.1, 0.15) is 10.9 Å². The van der Waals surface area contributed by atoms with Gasteiger partial charge in [-0.2, -0.15) is 0 Å². The van der Waals surface area contributed by atoms with Crippen LogP contribution in [0, 0.1) is 0 Å². The maximum Gasteiger partial charge on any atom is 0.117 e. The van der Waals surface area contributed by atoms with Gasteiger partial charge in [0, 0.05) is 11.6 Å². The molecule has 0 bridgehead atoms. The lowest BCUT2D eigenvalue weighted by Gasteiger charge is -1.97. The zero-order chi connectivity index (χ0) is 10.6. The quantitative estimate of drug-likeness (QED) is 0.755. The first-order valence-electron chi connectivity index (χ1n) is 5.40. The molecular weight excluding hydrogens is 192 g/mol. The molecule has 0 aromatic carbocycles. The van der Waals surface area contributed by atoms with Crippen molar-refractivity contribution in [1.29, 1.82) is 0 Å². The molecule has 1 aromatic rings. The molecule has 0 fully saturated rings. The molecule has 0 spiro atoms. The predicted molar refractivity (Wildman–Crippen MR) is 63.1 cm³/mol. The van der Waals surface area contributed by atoms with E-state index in [9.17, 15) is 0 Å². The van der Waals surface area contributed by atoms with E-state index in [-0.39, 0.29) is 0 Å². The highest BCUT2D eigenvalue weighted by molar-refractivity contribution is 7.99. The van der Waals surface area contributed by atoms with Crippen molar-refractivity contribution in [1.82, 2.24) is 9.97 Å². The van der Waals surface area contributed by atoms with E-state index in [0.29, 0.717) is 5.92 Å². The number of nitrogens with one attached hydrogen (secondary N) is 1. The smallest absolute Gasteiger partial charge is 0.117 e. The molecule has 3 heteroatoms. The second-order valence-corrected chi connectivity index (χ2v) is 5.00. The maximum atomic E-state index is 4.63. The number of aromatic amines is 1. The molecule has 0 unspecified atom stereocenters. The average molecular weight is 212 g/mol. The SMILES string of the molecule is CCCc1[nH]c(C(C)C)nc1SCC. The van der Waals surface area contributed by atoms with E-state index in [2.05, 4.69) is 37.7 Å². The van der Waals surface area contributed by atoms with E-state index in [1.54, 1.807) is 0 Å². The molecule has 14 heavy (non-hydrogen) atoms. The Hall–Kier alpha value is -0.440. The second-order valence-electron chi connectivity index (χ2n) is 3.74. The number of H-pyrrole nitrogens is 1. The van der Waals surface area contributed by atoms with Gasteiger partial charge in [-0.3, -0.25) is 0 Å². The summed E-state index contributed by atoms with van der Waals surface area (Å²) in [6, 6.07) is 0. The lowest BCUT2D eigenvalue weighted by Crippen LogP contribution is -1.90. The fourth-order valence-corrected chi connectivity index (χ4v) is 2.13. The zero-order valence-electron chi connectivity index (χ0n) is 9.55. The summed E-state index contributed by atoms with van der Waals surface area (Å²) in [5, 5.41) is 1.21. The topological polar surface area (TPSA) is 28.7 Å². The van der Waals surface area contributed by atoms with Crippen LogP contribution < -0.4 is 0 Å². The highest BCUT2D eigenvalue weighted by atomic mass is 32.2. The summed E-state index contributed by atoms with van der Waals surface area (Å²) in [7, 11) is 0. The molecule has 0 amide bonds.